The number of rotatable bonds is 1. The summed E-state index contributed by atoms with van der Waals surface area (Å²) in [7, 11) is 0. The van der Waals surface area contributed by atoms with Crippen LogP contribution >= 0.6 is 0 Å². The fourth-order valence-corrected chi connectivity index (χ4v) is 1.40. The predicted molar refractivity (Wildman–Crippen MR) is 48.4 cm³/mol. The maximum absolute atomic E-state index is 10.4. The molecule has 0 aromatic heterocycles. The van der Waals surface area contributed by atoms with Gasteiger partial charge in [0.1, 0.15) is 0 Å². The van der Waals surface area contributed by atoms with Crippen LogP contribution in [0.2, 0.25) is 0 Å². The van der Waals surface area contributed by atoms with Gasteiger partial charge in [-0.25, -0.2) is 0 Å². The van der Waals surface area contributed by atoms with E-state index in [1.54, 1.807) is 0 Å². The normalized spacial score (nSPS) is 18.2. The molecule has 0 radical (unpaired) electrons. The van der Waals surface area contributed by atoms with Crippen LogP contribution in [0.15, 0.2) is 0 Å². The van der Waals surface area contributed by atoms with Crippen molar-refractivity contribution in [1.29, 1.82) is 0 Å². The van der Waals surface area contributed by atoms with E-state index in [4.69, 9.17) is 0 Å². The molecule has 1 aliphatic rings. The molecule has 0 unspecified atom stereocenters. The minimum atomic E-state index is 0.529. The third-order valence-corrected chi connectivity index (χ3v) is 2.16. The number of piperidine rings is 1. The summed E-state index contributed by atoms with van der Waals surface area (Å²) in [5.74, 6) is 6.85. The van der Waals surface area contributed by atoms with Gasteiger partial charge in [0.15, 0.2) is 0 Å². The molecular weight excluding hydrogens is 150 g/mol. The number of hydrogen-bond donors (Lipinski definition) is 0. The zero-order valence-electron chi connectivity index (χ0n) is 7.55. The van der Waals surface area contributed by atoms with Gasteiger partial charge < -0.3 is 4.90 Å². The third-order valence-electron chi connectivity index (χ3n) is 2.16. The van der Waals surface area contributed by atoms with Crippen molar-refractivity contribution in [3.8, 4) is 11.8 Å². The van der Waals surface area contributed by atoms with Gasteiger partial charge >= 0.3 is 0 Å². The minimum Gasteiger partial charge on any atom is -0.345 e. The molecule has 0 spiro atoms. The quantitative estimate of drug-likeness (QED) is 0.423. The van der Waals surface area contributed by atoms with Crippen molar-refractivity contribution in [2.24, 2.45) is 5.92 Å². The topological polar surface area (TPSA) is 20.3 Å². The average Bonchev–Trinajstić information content (AvgIpc) is 2.15. The van der Waals surface area contributed by atoms with Gasteiger partial charge in [-0.15, -0.1) is 5.92 Å². The summed E-state index contributed by atoms with van der Waals surface area (Å²) in [4.78, 5) is 12.2. The second kappa shape index (κ2) is 4.82. The van der Waals surface area contributed by atoms with Crippen LogP contribution in [0.25, 0.3) is 0 Å². The molecule has 0 aromatic carbocycles. The van der Waals surface area contributed by atoms with E-state index in [-0.39, 0.29) is 0 Å². The van der Waals surface area contributed by atoms with Crippen LogP contribution in [-0.2, 0) is 4.79 Å². The Morgan fingerprint density at radius 1 is 1.50 bits per heavy atom. The van der Waals surface area contributed by atoms with E-state index >= 15 is 0 Å². The molecule has 2 nitrogen and oxygen atoms in total. The molecule has 1 saturated heterocycles. The highest BCUT2D eigenvalue weighted by Gasteiger charge is 2.15. The largest absolute Gasteiger partial charge is 0.345 e. The second-order valence-electron chi connectivity index (χ2n) is 3.09. The summed E-state index contributed by atoms with van der Waals surface area (Å²) in [5, 5.41) is 0. The first-order chi connectivity index (χ1) is 5.86. The number of nitrogens with zero attached hydrogens (tertiary/aromatic N) is 1. The maximum Gasteiger partial charge on any atom is 0.209 e. The number of likely N-dealkylation sites (tertiary alicyclic amines) is 1. The number of carbonyl (C=O) groups excluding carboxylic acids is 1. The van der Waals surface area contributed by atoms with E-state index in [1.165, 1.54) is 0 Å². The van der Waals surface area contributed by atoms with Crippen LogP contribution in [-0.4, -0.2) is 24.4 Å². The van der Waals surface area contributed by atoms with Crippen LogP contribution in [0.5, 0.6) is 0 Å². The highest BCUT2D eigenvalue weighted by molar-refractivity contribution is 5.47. The smallest absolute Gasteiger partial charge is 0.209 e. The van der Waals surface area contributed by atoms with Crippen LogP contribution in [0.3, 0.4) is 0 Å². The standard InChI is InChI=1S/C10H15NO/c1-2-3-4-10-5-7-11(9-12)8-6-10/h9-10H,2,5-8H2,1H3. The summed E-state index contributed by atoms with van der Waals surface area (Å²) in [5.41, 5.74) is 0. The summed E-state index contributed by atoms with van der Waals surface area (Å²) in [6, 6.07) is 0. The second-order valence-corrected chi connectivity index (χ2v) is 3.09. The van der Waals surface area contributed by atoms with E-state index in [2.05, 4.69) is 18.8 Å². The predicted octanol–water partition coefficient (Wildman–Crippen LogP) is 1.27. The summed E-state index contributed by atoms with van der Waals surface area (Å²) in [6.07, 6.45) is 3.97. The van der Waals surface area contributed by atoms with E-state index in [0.717, 1.165) is 38.8 Å². The summed E-state index contributed by atoms with van der Waals surface area (Å²) in [6.45, 7) is 3.83. The van der Waals surface area contributed by atoms with Crippen LogP contribution in [0, 0.1) is 17.8 Å². The van der Waals surface area contributed by atoms with Crippen molar-refractivity contribution in [3.63, 3.8) is 0 Å². The maximum atomic E-state index is 10.4. The Bertz CT molecular complexity index is 194. The Kier molecular flexibility index (Phi) is 3.66. The van der Waals surface area contributed by atoms with Gasteiger partial charge in [0.25, 0.3) is 0 Å². The Morgan fingerprint density at radius 3 is 2.67 bits per heavy atom. The fraction of sp³-hybridized carbons (Fsp3) is 0.700. The molecule has 1 rings (SSSR count). The summed E-state index contributed by atoms with van der Waals surface area (Å²) >= 11 is 0. The highest BCUT2D eigenvalue weighted by Crippen LogP contribution is 2.14. The first kappa shape index (κ1) is 9.12. The molecule has 1 amide bonds. The zero-order valence-corrected chi connectivity index (χ0v) is 7.55. The molecule has 1 heterocycles. The van der Waals surface area contributed by atoms with Gasteiger partial charge in [-0.1, -0.05) is 12.8 Å². The Labute approximate surface area is 73.9 Å². The lowest BCUT2D eigenvalue weighted by Gasteiger charge is -2.26. The Morgan fingerprint density at radius 2 is 2.17 bits per heavy atom. The molecule has 2 heteroatoms. The molecule has 0 saturated carbocycles. The van der Waals surface area contributed by atoms with Crippen molar-refractivity contribution < 1.29 is 4.79 Å². The Balaban J connectivity index is 2.30. The molecular formula is C10H15NO. The SMILES string of the molecule is CCC#CC1CCN(C=O)CC1. The van der Waals surface area contributed by atoms with Crippen molar-refractivity contribution in [2.45, 2.75) is 26.2 Å². The van der Waals surface area contributed by atoms with Gasteiger partial charge in [0.2, 0.25) is 6.41 Å². The van der Waals surface area contributed by atoms with E-state index in [1.807, 2.05) is 4.90 Å². The van der Waals surface area contributed by atoms with E-state index in [0.29, 0.717) is 5.92 Å². The molecule has 0 bridgehead atoms. The van der Waals surface area contributed by atoms with Gasteiger partial charge in [0.05, 0.1) is 0 Å². The lowest BCUT2D eigenvalue weighted by molar-refractivity contribution is -0.119. The zero-order chi connectivity index (χ0) is 8.81. The first-order valence-electron chi connectivity index (χ1n) is 4.54. The van der Waals surface area contributed by atoms with Crippen LogP contribution in [0.1, 0.15) is 26.2 Å². The average molecular weight is 165 g/mol. The number of amides is 1. The molecule has 1 aliphatic heterocycles. The molecule has 1 fully saturated rings. The number of hydrogen-bond acceptors (Lipinski definition) is 1. The van der Waals surface area contributed by atoms with Crippen LogP contribution in [0.4, 0.5) is 0 Å². The van der Waals surface area contributed by atoms with Gasteiger partial charge in [-0.2, -0.15) is 0 Å². The first-order valence-corrected chi connectivity index (χ1v) is 4.54. The monoisotopic (exact) mass is 165 g/mol. The minimum absolute atomic E-state index is 0.529. The van der Waals surface area contributed by atoms with Crippen molar-refractivity contribution in [2.75, 3.05) is 13.1 Å². The lowest BCUT2D eigenvalue weighted by atomic mass is 9.98. The highest BCUT2D eigenvalue weighted by atomic mass is 16.1. The van der Waals surface area contributed by atoms with Crippen molar-refractivity contribution >= 4 is 6.41 Å². The van der Waals surface area contributed by atoms with Crippen LogP contribution < -0.4 is 0 Å². The van der Waals surface area contributed by atoms with Gasteiger partial charge in [-0.05, 0) is 12.8 Å². The fourth-order valence-electron chi connectivity index (χ4n) is 1.40. The van der Waals surface area contributed by atoms with Gasteiger partial charge in [-0.3, -0.25) is 4.79 Å². The number of carbonyl (C=O) groups is 1. The summed E-state index contributed by atoms with van der Waals surface area (Å²) < 4.78 is 0. The van der Waals surface area contributed by atoms with Gasteiger partial charge in [0, 0.05) is 25.4 Å². The molecule has 0 atom stereocenters. The lowest BCUT2D eigenvalue weighted by Crippen LogP contribution is -2.31. The molecule has 0 aromatic rings. The van der Waals surface area contributed by atoms with E-state index in [9.17, 15) is 4.79 Å². The van der Waals surface area contributed by atoms with E-state index < -0.39 is 0 Å². The van der Waals surface area contributed by atoms with Crippen molar-refractivity contribution in [3.05, 3.63) is 0 Å². The molecule has 12 heavy (non-hydrogen) atoms. The Hall–Kier alpha value is -0.970. The van der Waals surface area contributed by atoms with Crippen molar-refractivity contribution in [1.82, 2.24) is 4.90 Å². The molecule has 0 aliphatic carbocycles. The molecule has 0 N–H and O–H groups in total. The molecule has 66 valence electrons. The third kappa shape index (κ3) is 2.58.